The van der Waals surface area contributed by atoms with Gasteiger partial charge in [-0.05, 0) is 42.0 Å². The van der Waals surface area contributed by atoms with Crippen LogP contribution in [0.2, 0.25) is 0 Å². The smallest absolute Gasteiger partial charge is 0.257 e. The molecule has 2 N–H and O–H groups in total. The van der Waals surface area contributed by atoms with Crippen LogP contribution in [0.3, 0.4) is 0 Å². The average molecular weight is 388 g/mol. The van der Waals surface area contributed by atoms with Gasteiger partial charge >= 0.3 is 0 Å². The SMILES string of the molecule is COc1ccc(CNc2cncc(C(=O)Nc3cccc(C#N)c3)c2)cc1OC. The van der Waals surface area contributed by atoms with Gasteiger partial charge in [-0.3, -0.25) is 9.78 Å². The summed E-state index contributed by atoms with van der Waals surface area (Å²) >= 11 is 0. The predicted octanol–water partition coefficient (Wildman–Crippen LogP) is 3.83. The van der Waals surface area contributed by atoms with Crippen molar-refractivity contribution in [1.29, 1.82) is 5.26 Å². The summed E-state index contributed by atoms with van der Waals surface area (Å²) in [4.78, 5) is 16.6. The van der Waals surface area contributed by atoms with Gasteiger partial charge in [-0.15, -0.1) is 0 Å². The Morgan fingerprint density at radius 2 is 1.86 bits per heavy atom. The molecule has 1 aromatic heterocycles. The molecule has 0 bridgehead atoms. The van der Waals surface area contributed by atoms with Crippen molar-refractivity contribution in [2.75, 3.05) is 24.9 Å². The third kappa shape index (κ3) is 5.02. The van der Waals surface area contributed by atoms with E-state index in [4.69, 9.17) is 14.7 Å². The Kier molecular flexibility index (Phi) is 6.28. The minimum absolute atomic E-state index is 0.303. The van der Waals surface area contributed by atoms with Gasteiger partial charge in [0.1, 0.15) is 0 Å². The van der Waals surface area contributed by atoms with Crippen LogP contribution in [0.1, 0.15) is 21.5 Å². The van der Waals surface area contributed by atoms with Gasteiger partial charge in [0.25, 0.3) is 5.91 Å². The van der Waals surface area contributed by atoms with E-state index >= 15 is 0 Å². The third-order valence-electron chi connectivity index (χ3n) is 4.19. The fourth-order valence-corrected chi connectivity index (χ4v) is 2.73. The van der Waals surface area contributed by atoms with Gasteiger partial charge in [0.15, 0.2) is 11.5 Å². The summed E-state index contributed by atoms with van der Waals surface area (Å²) in [7, 11) is 3.18. The molecule has 3 rings (SSSR count). The lowest BCUT2D eigenvalue weighted by Crippen LogP contribution is -2.13. The van der Waals surface area contributed by atoms with E-state index < -0.39 is 0 Å². The number of benzene rings is 2. The molecule has 0 radical (unpaired) electrons. The van der Waals surface area contributed by atoms with Gasteiger partial charge in [-0.2, -0.15) is 5.26 Å². The van der Waals surface area contributed by atoms with E-state index in [1.54, 1.807) is 50.7 Å². The van der Waals surface area contributed by atoms with Crippen molar-refractivity contribution in [3.63, 3.8) is 0 Å². The standard InChI is InChI=1S/C22H20N4O3/c1-28-20-7-6-16(9-21(20)29-2)12-25-19-10-17(13-24-14-19)22(27)26-18-5-3-4-15(8-18)11-23/h3-10,13-14,25H,12H2,1-2H3,(H,26,27). The zero-order chi connectivity index (χ0) is 20.6. The number of carbonyl (C=O) groups excluding carboxylic acids is 1. The van der Waals surface area contributed by atoms with Crippen molar-refractivity contribution in [2.24, 2.45) is 0 Å². The minimum Gasteiger partial charge on any atom is -0.493 e. The minimum atomic E-state index is -0.303. The molecule has 1 amide bonds. The van der Waals surface area contributed by atoms with Crippen LogP contribution in [-0.4, -0.2) is 25.1 Å². The third-order valence-corrected chi connectivity index (χ3v) is 4.19. The largest absolute Gasteiger partial charge is 0.493 e. The molecular formula is C22H20N4O3. The van der Waals surface area contributed by atoms with E-state index in [2.05, 4.69) is 15.6 Å². The van der Waals surface area contributed by atoms with Crippen molar-refractivity contribution < 1.29 is 14.3 Å². The molecule has 0 saturated heterocycles. The zero-order valence-corrected chi connectivity index (χ0v) is 16.1. The Morgan fingerprint density at radius 3 is 2.62 bits per heavy atom. The van der Waals surface area contributed by atoms with Crippen molar-refractivity contribution in [3.8, 4) is 17.6 Å². The molecule has 2 aromatic carbocycles. The van der Waals surface area contributed by atoms with Crippen LogP contribution in [0, 0.1) is 11.3 Å². The molecule has 0 saturated carbocycles. The molecule has 7 heteroatoms. The number of nitrogens with one attached hydrogen (secondary N) is 2. The van der Waals surface area contributed by atoms with E-state index in [-0.39, 0.29) is 5.91 Å². The topological polar surface area (TPSA) is 96.3 Å². The second kappa shape index (κ2) is 9.24. The van der Waals surface area contributed by atoms with E-state index in [0.29, 0.717) is 40.5 Å². The Hall–Kier alpha value is -4.05. The maximum absolute atomic E-state index is 12.5. The van der Waals surface area contributed by atoms with Crippen molar-refractivity contribution in [1.82, 2.24) is 4.98 Å². The number of anilines is 2. The monoisotopic (exact) mass is 388 g/mol. The van der Waals surface area contributed by atoms with E-state index in [0.717, 1.165) is 5.56 Å². The first-order valence-electron chi connectivity index (χ1n) is 8.84. The average Bonchev–Trinajstić information content (AvgIpc) is 2.77. The molecule has 0 aliphatic rings. The van der Waals surface area contributed by atoms with Gasteiger partial charge in [-0.25, -0.2) is 0 Å². The number of methoxy groups -OCH3 is 2. The summed E-state index contributed by atoms with van der Waals surface area (Å²) in [6.45, 7) is 0.525. The number of hydrogen-bond donors (Lipinski definition) is 2. The first-order valence-corrected chi connectivity index (χ1v) is 8.84. The summed E-state index contributed by atoms with van der Waals surface area (Å²) in [5.41, 5.74) is 3.14. The lowest BCUT2D eigenvalue weighted by molar-refractivity contribution is 0.102. The first kappa shape index (κ1) is 19.7. The van der Waals surface area contributed by atoms with Crippen molar-refractivity contribution in [3.05, 3.63) is 77.6 Å². The number of carbonyl (C=O) groups is 1. The van der Waals surface area contributed by atoms with Crippen LogP contribution in [0.25, 0.3) is 0 Å². The lowest BCUT2D eigenvalue weighted by atomic mass is 10.2. The second-order valence-electron chi connectivity index (χ2n) is 6.15. The van der Waals surface area contributed by atoms with Gasteiger partial charge < -0.3 is 20.1 Å². The fourth-order valence-electron chi connectivity index (χ4n) is 2.73. The highest BCUT2D eigenvalue weighted by atomic mass is 16.5. The molecule has 1 heterocycles. The number of rotatable bonds is 7. The summed E-state index contributed by atoms with van der Waals surface area (Å²) in [5.74, 6) is 1.01. The number of aromatic nitrogens is 1. The summed E-state index contributed by atoms with van der Waals surface area (Å²) < 4.78 is 10.6. The van der Waals surface area contributed by atoms with Gasteiger partial charge in [0.05, 0.1) is 37.1 Å². The highest BCUT2D eigenvalue weighted by Gasteiger charge is 2.09. The van der Waals surface area contributed by atoms with Crippen LogP contribution in [0.4, 0.5) is 11.4 Å². The van der Waals surface area contributed by atoms with E-state index in [1.165, 1.54) is 6.20 Å². The molecule has 0 aliphatic heterocycles. The van der Waals surface area contributed by atoms with Gasteiger partial charge in [0.2, 0.25) is 0 Å². The molecule has 29 heavy (non-hydrogen) atoms. The van der Waals surface area contributed by atoms with E-state index in [1.807, 2.05) is 24.3 Å². The van der Waals surface area contributed by atoms with Crippen LogP contribution >= 0.6 is 0 Å². The van der Waals surface area contributed by atoms with Gasteiger partial charge in [0, 0.05) is 24.6 Å². The number of amides is 1. The molecule has 146 valence electrons. The molecular weight excluding hydrogens is 368 g/mol. The second-order valence-corrected chi connectivity index (χ2v) is 6.15. The number of nitrogens with zero attached hydrogens (tertiary/aromatic N) is 2. The fraction of sp³-hybridized carbons (Fsp3) is 0.136. The Bertz CT molecular complexity index is 1060. The predicted molar refractivity (Wildman–Crippen MR) is 110 cm³/mol. The maximum Gasteiger partial charge on any atom is 0.257 e. The van der Waals surface area contributed by atoms with Crippen molar-refractivity contribution in [2.45, 2.75) is 6.54 Å². The molecule has 0 fully saturated rings. The Labute approximate surface area is 168 Å². The van der Waals surface area contributed by atoms with Crippen LogP contribution in [0.5, 0.6) is 11.5 Å². The quantitative estimate of drug-likeness (QED) is 0.638. The summed E-state index contributed by atoms with van der Waals surface area (Å²) in [6.07, 6.45) is 3.14. The highest BCUT2D eigenvalue weighted by molar-refractivity contribution is 6.04. The van der Waals surface area contributed by atoms with Crippen LogP contribution in [0.15, 0.2) is 60.9 Å². The highest BCUT2D eigenvalue weighted by Crippen LogP contribution is 2.27. The van der Waals surface area contributed by atoms with E-state index in [9.17, 15) is 4.79 Å². The van der Waals surface area contributed by atoms with Crippen LogP contribution < -0.4 is 20.1 Å². The first-order chi connectivity index (χ1) is 14.1. The summed E-state index contributed by atoms with van der Waals surface area (Å²) in [5, 5.41) is 15.0. The number of pyridine rings is 1. The molecule has 0 spiro atoms. The number of nitriles is 1. The molecule has 0 aliphatic carbocycles. The maximum atomic E-state index is 12.5. The lowest BCUT2D eigenvalue weighted by Gasteiger charge is -2.11. The van der Waals surface area contributed by atoms with Crippen LogP contribution in [-0.2, 0) is 6.54 Å². The number of hydrogen-bond acceptors (Lipinski definition) is 6. The molecule has 0 unspecified atom stereocenters. The Morgan fingerprint density at radius 1 is 1.03 bits per heavy atom. The molecule has 0 atom stereocenters. The zero-order valence-electron chi connectivity index (χ0n) is 16.1. The molecule has 3 aromatic rings. The molecule has 7 nitrogen and oxygen atoms in total. The Balaban J connectivity index is 1.67. The van der Waals surface area contributed by atoms with Crippen molar-refractivity contribution >= 4 is 17.3 Å². The van der Waals surface area contributed by atoms with Gasteiger partial charge in [-0.1, -0.05) is 12.1 Å². The normalized spacial score (nSPS) is 9.97. The summed E-state index contributed by atoms with van der Waals surface area (Å²) in [6, 6.07) is 16.2. The number of ether oxygens (including phenoxy) is 2.